The number of nitrogens with one attached hydrogen (secondary N) is 1. The second-order valence-corrected chi connectivity index (χ2v) is 4.30. The molecular formula is C12H21N3O. The van der Waals surface area contributed by atoms with Gasteiger partial charge in [0.25, 0.3) is 0 Å². The van der Waals surface area contributed by atoms with Gasteiger partial charge in [-0.15, -0.1) is 12.3 Å². The first-order valence-electron chi connectivity index (χ1n) is 5.76. The number of amides is 1. The van der Waals surface area contributed by atoms with Gasteiger partial charge in [-0.05, 0) is 13.0 Å². The predicted molar refractivity (Wildman–Crippen MR) is 65.0 cm³/mol. The zero-order chi connectivity index (χ0) is 12.0. The molecular weight excluding hydrogens is 202 g/mol. The van der Waals surface area contributed by atoms with Crippen molar-refractivity contribution >= 4 is 5.91 Å². The molecule has 1 atom stereocenters. The monoisotopic (exact) mass is 223 g/mol. The average Bonchev–Trinajstić information content (AvgIpc) is 2.29. The van der Waals surface area contributed by atoms with Gasteiger partial charge >= 0.3 is 0 Å². The van der Waals surface area contributed by atoms with Crippen LogP contribution in [-0.4, -0.2) is 62.0 Å². The lowest BCUT2D eigenvalue weighted by molar-refractivity contribution is -0.135. The first kappa shape index (κ1) is 13.0. The molecule has 0 spiro atoms. The number of terminal acetylenes is 1. The third-order valence-corrected chi connectivity index (χ3v) is 2.85. The highest BCUT2D eigenvalue weighted by Gasteiger charge is 2.28. The van der Waals surface area contributed by atoms with E-state index in [-0.39, 0.29) is 11.9 Å². The number of likely N-dealkylation sites (N-methyl/N-ethyl adjacent to an activating group) is 1. The SMILES string of the molecule is C#CCCCN1CCNCC1C(=O)N(C)C. The number of hydrogen-bond acceptors (Lipinski definition) is 3. The van der Waals surface area contributed by atoms with E-state index < -0.39 is 0 Å². The van der Waals surface area contributed by atoms with Crippen LogP contribution in [-0.2, 0) is 4.79 Å². The quantitative estimate of drug-likeness (QED) is 0.528. The summed E-state index contributed by atoms with van der Waals surface area (Å²) in [6.07, 6.45) is 6.98. The number of nitrogens with zero attached hydrogens (tertiary/aromatic N) is 2. The molecule has 1 amide bonds. The Labute approximate surface area is 98.0 Å². The highest BCUT2D eigenvalue weighted by molar-refractivity contribution is 5.81. The fourth-order valence-electron chi connectivity index (χ4n) is 1.94. The van der Waals surface area contributed by atoms with Crippen LogP contribution in [0.25, 0.3) is 0 Å². The van der Waals surface area contributed by atoms with Crippen molar-refractivity contribution in [3.05, 3.63) is 0 Å². The lowest BCUT2D eigenvalue weighted by atomic mass is 10.1. The van der Waals surface area contributed by atoms with Crippen molar-refractivity contribution < 1.29 is 4.79 Å². The van der Waals surface area contributed by atoms with Gasteiger partial charge in [0.15, 0.2) is 0 Å². The fraction of sp³-hybridized carbons (Fsp3) is 0.750. The maximum absolute atomic E-state index is 11.9. The largest absolute Gasteiger partial charge is 0.347 e. The van der Waals surface area contributed by atoms with E-state index in [2.05, 4.69) is 16.1 Å². The van der Waals surface area contributed by atoms with E-state index in [0.29, 0.717) is 0 Å². The lowest BCUT2D eigenvalue weighted by Crippen LogP contribution is -2.57. The van der Waals surface area contributed by atoms with Crippen molar-refractivity contribution in [2.24, 2.45) is 0 Å². The first-order chi connectivity index (χ1) is 7.66. The van der Waals surface area contributed by atoms with Crippen LogP contribution in [0.3, 0.4) is 0 Å². The van der Waals surface area contributed by atoms with Crippen molar-refractivity contribution in [1.82, 2.24) is 15.1 Å². The van der Waals surface area contributed by atoms with Gasteiger partial charge < -0.3 is 10.2 Å². The van der Waals surface area contributed by atoms with Gasteiger partial charge in [-0.3, -0.25) is 9.69 Å². The number of hydrogen-bond donors (Lipinski definition) is 1. The Morgan fingerprint density at radius 2 is 2.38 bits per heavy atom. The summed E-state index contributed by atoms with van der Waals surface area (Å²) in [6.45, 7) is 3.53. The zero-order valence-electron chi connectivity index (χ0n) is 10.2. The molecule has 1 unspecified atom stereocenters. The van der Waals surface area contributed by atoms with E-state index in [1.165, 1.54) is 0 Å². The molecule has 0 aliphatic carbocycles. The number of rotatable bonds is 4. The number of carbonyl (C=O) groups is 1. The minimum absolute atomic E-state index is 0.0264. The summed E-state index contributed by atoms with van der Waals surface area (Å²) >= 11 is 0. The standard InChI is InChI=1S/C12H21N3O/c1-4-5-6-8-15-9-7-13-10-11(15)12(16)14(2)3/h1,11,13H,5-10H2,2-3H3. The average molecular weight is 223 g/mol. The summed E-state index contributed by atoms with van der Waals surface area (Å²) in [7, 11) is 3.60. The van der Waals surface area contributed by atoms with Crippen LogP contribution in [0.4, 0.5) is 0 Å². The Bertz CT molecular complexity index is 270. The molecule has 1 aliphatic heterocycles. The molecule has 0 radical (unpaired) electrons. The molecule has 1 fully saturated rings. The zero-order valence-corrected chi connectivity index (χ0v) is 10.2. The van der Waals surface area contributed by atoms with Gasteiger partial charge in [0, 0.05) is 40.2 Å². The first-order valence-corrected chi connectivity index (χ1v) is 5.76. The molecule has 4 nitrogen and oxygen atoms in total. The van der Waals surface area contributed by atoms with Crippen LogP contribution in [0.15, 0.2) is 0 Å². The predicted octanol–water partition coefficient (Wildman–Crippen LogP) is -0.238. The number of piperazine rings is 1. The maximum Gasteiger partial charge on any atom is 0.240 e. The Morgan fingerprint density at radius 1 is 1.62 bits per heavy atom. The maximum atomic E-state index is 11.9. The Balaban J connectivity index is 2.50. The number of carbonyl (C=O) groups excluding carboxylic acids is 1. The van der Waals surface area contributed by atoms with Crippen LogP contribution in [0, 0.1) is 12.3 Å². The van der Waals surface area contributed by atoms with E-state index >= 15 is 0 Å². The second kappa shape index (κ2) is 6.51. The molecule has 1 saturated heterocycles. The fourth-order valence-corrected chi connectivity index (χ4v) is 1.94. The molecule has 1 N–H and O–H groups in total. The van der Waals surface area contributed by atoms with Crippen LogP contribution in [0.2, 0.25) is 0 Å². The normalized spacial score (nSPS) is 21.4. The molecule has 4 heteroatoms. The van der Waals surface area contributed by atoms with Crippen LogP contribution in [0.1, 0.15) is 12.8 Å². The smallest absolute Gasteiger partial charge is 0.240 e. The molecule has 0 aromatic heterocycles. The van der Waals surface area contributed by atoms with Gasteiger partial charge in [0.1, 0.15) is 6.04 Å². The molecule has 90 valence electrons. The topological polar surface area (TPSA) is 35.6 Å². The van der Waals surface area contributed by atoms with Crippen molar-refractivity contribution in [2.75, 3.05) is 40.3 Å². The van der Waals surface area contributed by atoms with Crippen molar-refractivity contribution in [1.29, 1.82) is 0 Å². The van der Waals surface area contributed by atoms with Crippen LogP contribution in [0.5, 0.6) is 0 Å². The van der Waals surface area contributed by atoms with Crippen molar-refractivity contribution in [3.63, 3.8) is 0 Å². The minimum Gasteiger partial charge on any atom is -0.347 e. The molecule has 0 saturated carbocycles. The molecule has 16 heavy (non-hydrogen) atoms. The summed E-state index contributed by atoms with van der Waals surface area (Å²) in [4.78, 5) is 15.8. The van der Waals surface area contributed by atoms with Gasteiger partial charge in [0.2, 0.25) is 5.91 Å². The van der Waals surface area contributed by atoms with Crippen molar-refractivity contribution in [3.8, 4) is 12.3 Å². The van der Waals surface area contributed by atoms with E-state index in [0.717, 1.165) is 39.0 Å². The lowest BCUT2D eigenvalue weighted by Gasteiger charge is -2.36. The summed E-state index contributed by atoms with van der Waals surface area (Å²) in [6, 6.07) is -0.0264. The molecule has 1 heterocycles. The molecule has 0 aromatic carbocycles. The second-order valence-electron chi connectivity index (χ2n) is 4.30. The summed E-state index contributed by atoms with van der Waals surface area (Å²) in [5.41, 5.74) is 0. The summed E-state index contributed by atoms with van der Waals surface area (Å²) < 4.78 is 0. The van der Waals surface area contributed by atoms with E-state index in [1.54, 1.807) is 19.0 Å². The summed E-state index contributed by atoms with van der Waals surface area (Å²) in [5.74, 6) is 2.81. The van der Waals surface area contributed by atoms with E-state index in [1.807, 2.05) is 0 Å². The third-order valence-electron chi connectivity index (χ3n) is 2.85. The summed E-state index contributed by atoms with van der Waals surface area (Å²) in [5, 5.41) is 3.26. The van der Waals surface area contributed by atoms with Crippen LogP contribution < -0.4 is 5.32 Å². The minimum atomic E-state index is -0.0264. The Hall–Kier alpha value is -1.05. The molecule has 0 aromatic rings. The highest BCUT2D eigenvalue weighted by Crippen LogP contribution is 2.07. The molecule has 0 bridgehead atoms. The third kappa shape index (κ3) is 3.51. The Kier molecular flexibility index (Phi) is 5.30. The van der Waals surface area contributed by atoms with E-state index in [4.69, 9.17) is 6.42 Å². The van der Waals surface area contributed by atoms with Gasteiger partial charge in [0.05, 0.1) is 0 Å². The van der Waals surface area contributed by atoms with Gasteiger partial charge in [-0.2, -0.15) is 0 Å². The molecule has 1 aliphatic rings. The highest BCUT2D eigenvalue weighted by atomic mass is 16.2. The van der Waals surface area contributed by atoms with Crippen LogP contribution >= 0.6 is 0 Å². The van der Waals surface area contributed by atoms with Gasteiger partial charge in [-0.25, -0.2) is 0 Å². The molecule has 1 rings (SSSR count). The Morgan fingerprint density at radius 3 is 3.00 bits per heavy atom. The van der Waals surface area contributed by atoms with Crippen molar-refractivity contribution in [2.45, 2.75) is 18.9 Å². The van der Waals surface area contributed by atoms with Gasteiger partial charge in [-0.1, -0.05) is 0 Å². The number of unbranched alkanes of at least 4 members (excludes halogenated alkanes) is 1. The van der Waals surface area contributed by atoms with E-state index in [9.17, 15) is 4.79 Å².